The Hall–Kier alpha value is -3.42. The Morgan fingerprint density at radius 3 is 2.59 bits per heavy atom. The van der Waals surface area contributed by atoms with E-state index in [2.05, 4.69) is 20.9 Å². The normalized spacial score (nSPS) is 23.4. The number of pyridine rings is 1. The van der Waals surface area contributed by atoms with Crippen LogP contribution in [0.15, 0.2) is 42.6 Å². The topological polar surface area (TPSA) is 109 Å². The third kappa shape index (κ3) is 4.06. The molecule has 1 aliphatic heterocycles. The second-order valence-electron chi connectivity index (χ2n) is 7.54. The molecule has 2 aliphatic rings. The molecule has 2 aromatic rings. The minimum absolute atomic E-state index is 0.0663. The van der Waals surface area contributed by atoms with Crippen LogP contribution in [-0.4, -0.2) is 34.4 Å². The van der Waals surface area contributed by atoms with Gasteiger partial charge in [-0.05, 0) is 62.4 Å². The molecule has 0 bridgehead atoms. The van der Waals surface area contributed by atoms with Crippen molar-refractivity contribution in [3.8, 4) is 11.5 Å². The van der Waals surface area contributed by atoms with E-state index >= 15 is 0 Å². The Labute approximate surface area is 168 Å². The smallest absolute Gasteiger partial charge is 0.322 e. The summed E-state index contributed by atoms with van der Waals surface area (Å²) in [7, 11) is 0. The van der Waals surface area contributed by atoms with E-state index in [1.54, 1.807) is 12.1 Å². The number of ether oxygens (including phenoxy) is 1. The van der Waals surface area contributed by atoms with Crippen LogP contribution in [0, 0.1) is 6.92 Å². The maximum absolute atomic E-state index is 12.5. The molecule has 2 heterocycles. The second-order valence-corrected chi connectivity index (χ2v) is 7.54. The van der Waals surface area contributed by atoms with Crippen molar-refractivity contribution >= 4 is 17.8 Å². The van der Waals surface area contributed by atoms with Crippen molar-refractivity contribution < 1.29 is 19.1 Å². The first-order valence-electron chi connectivity index (χ1n) is 9.59. The lowest BCUT2D eigenvalue weighted by molar-refractivity contribution is -0.125. The summed E-state index contributed by atoms with van der Waals surface area (Å²) in [5, 5.41) is 7.96. The number of aryl methyl sites for hydroxylation is 1. The fraction of sp³-hybridized carbons (Fsp3) is 0.333. The monoisotopic (exact) mass is 394 g/mol. The van der Waals surface area contributed by atoms with Crippen LogP contribution in [0.2, 0.25) is 0 Å². The summed E-state index contributed by atoms with van der Waals surface area (Å²) >= 11 is 0. The van der Waals surface area contributed by atoms with Crippen LogP contribution in [0.5, 0.6) is 11.5 Å². The highest BCUT2D eigenvalue weighted by atomic mass is 16.5. The summed E-state index contributed by atoms with van der Waals surface area (Å²) in [6.07, 6.45) is 3.71. The van der Waals surface area contributed by atoms with Gasteiger partial charge in [-0.3, -0.25) is 14.9 Å². The Morgan fingerprint density at radius 1 is 1.17 bits per heavy atom. The number of hydrogen-bond acceptors (Lipinski definition) is 5. The summed E-state index contributed by atoms with van der Waals surface area (Å²) < 4.78 is 5.75. The van der Waals surface area contributed by atoms with Crippen LogP contribution in [0.1, 0.15) is 41.7 Å². The van der Waals surface area contributed by atoms with E-state index in [0.717, 1.165) is 5.56 Å². The molecular weight excluding hydrogens is 372 g/mol. The van der Waals surface area contributed by atoms with Crippen molar-refractivity contribution in [3.63, 3.8) is 0 Å². The molecule has 4 amide bonds. The minimum atomic E-state index is -0.828. The number of benzene rings is 1. The van der Waals surface area contributed by atoms with E-state index in [4.69, 9.17) is 4.74 Å². The number of amides is 4. The van der Waals surface area contributed by atoms with Crippen LogP contribution < -0.4 is 20.7 Å². The second kappa shape index (κ2) is 7.54. The zero-order chi connectivity index (χ0) is 20.4. The lowest BCUT2D eigenvalue weighted by atomic mass is 9.79. The summed E-state index contributed by atoms with van der Waals surface area (Å²) in [5.74, 6) is 0.712. The van der Waals surface area contributed by atoms with Crippen molar-refractivity contribution in [2.45, 2.75) is 44.2 Å². The molecule has 3 N–H and O–H groups in total. The standard InChI is InChI=1S/C21H22N4O4/c1-13-3-2-4-15(11-13)29-16-5-6-17(22-12-16)18(26)23-14-7-9-21(10-8-14)19(27)24-20(28)25-21/h2-6,11-12,14H,7-10H2,1H3,(H,23,26)(H2,24,25,27,28). The Kier molecular flexibility index (Phi) is 4.92. The molecule has 1 aromatic heterocycles. The van der Waals surface area contributed by atoms with Gasteiger partial charge in [-0.1, -0.05) is 12.1 Å². The number of imide groups is 1. The quantitative estimate of drug-likeness (QED) is 0.690. The first kappa shape index (κ1) is 18.9. The number of rotatable bonds is 4. The first-order chi connectivity index (χ1) is 13.9. The molecule has 1 saturated carbocycles. The van der Waals surface area contributed by atoms with Crippen LogP contribution in [0.25, 0.3) is 0 Å². The number of urea groups is 1. The average molecular weight is 394 g/mol. The zero-order valence-electron chi connectivity index (χ0n) is 16.0. The van der Waals surface area contributed by atoms with Gasteiger partial charge in [0.15, 0.2) is 0 Å². The molecule has 1 spiro atoms. The van der Waals surface area contributed by atoms with Crippen LogP contribution in [0.4, 0.5) is 4.79 Å². The Morgan fingerprint density at radius 2 is 1.97 bits per heavy atom. The molecule has 2 fully saturated rings. The predicted octanol–water partition coefficient (Wildman–Crippen LogP) is 2.43. The largest absolute Gasteiger partial charge is 0.456 e. The fourth-order valence-corrected chi connectivity index (χ4v) is 3.78. The summed E-state index contributed by atoms with van der Waals surface area (Å²) in [6.45, 7) is 1.98. The van der Waals surface area contributed by atoms with E-state index in [1.807, 2.05) is 31.2 Å². The molecule has 8 heteroatoms. The van der Waals surface area contributed by atoms with Gasteiger partial charge in [0.05, 0.1) is 6.20 Å². The maximum Gasteiger partial charge on any atom is 0.322 e. The van der Waals surface area contributed by atoms with Crippen molar-refractivity contribution in [2.75, 3.05) is 0 Å². The van der Waals surface area contributed by atoms with Crippen molar-refractivity contribution in [1.82, 2.24) is 20.9 Å². The molecule has 4 rings (SSSR count). The molecule has 150 valence electrons. The molecular formula is C21H22N4O4. The molecule has 29 heavy (non-hydrogen) atoms. The van der Waals surface area contributed by atoms with Crippen molar-refractivity contribution in [2.24, 2.45) is 0 Å². The molecule has 1 aliphatic carbocycles. The number of aromatic nitrogens is 1. The third-order valence-corrected chi connectivity index (χ3v) is 5.38. The molecule has 1 saturated heterocycles. The predicted molar refractivity (Wildman–Crippen MR) is 105 cm³/mol. The van der Waals surface area contributed by atoms with E-state index in [9.17, 15) is 14.4 Å². The molecule has 0 atom stereocenters. The van der Waals surface area contributed by atoms with Gasteiger partial charge >= 0.3 is 6.03 Å². The van der Waals surface area contributed by atoms with Gasteiger partial charge in [0, 0.05) is 6.04 Å². The van der Waals surface area contributed by atoms with Crippen LogP contribution in [-0.2, 0) is 4.79 Å². The lowest BCUT2D eigenvalue weighted by Gasteiger charge is -2.34. The highest BCUT2D eigenvalue weighted by Gasteiger charge is 2.48. The van der Waals surface area contributed by atoms with E-state index in [1.165, 1.54) is 6.20 Å². The Balaban J connectivity index is 1.32. The van der Waals surface area contributed by atoms with Gasteiger partial charge in [0.1, 0.15) is 22.7 Å². The van der Waals surface area contributed by atoms with Gasteiger partial charge in [0.2, 0.25) is 0 Å². The van der Waals surface area contributed by atoms with Gasteiger partial charge in [0.25, 0.3) is 11.8 Å². The van der Waals surface area contributed by atoms with Crippen LogP contribution >= 0.6 is 0 Å². The zero-order valence-corrected chi connectivity index (χ0v) is 16.0. The SMILES string of the molecule is Cc1cccc(Oc2ccc(C(=O)NC3CCC4(CC3)NC(=O)NC4=O)nc2)c1. The number of nitrogens with one attached hydrogen (secondary N) is 3. The molecule has 0 unspecified atom stereocenters. The van der Waals surface area contributed by atoms with Gasteiger partial charge in [-0.15, -0.1) is 0 Å². The summed E-state index contributed by atoms with van der Waals surface area (Å²) in [6, 6.07) is 10.5. The number of hydrogen-bond donors (Lipinski definition) is 3. The Bertz CT molecular complexity index is 949. The number of carbonyl (C=O) groups excluding carboxylic acids is 3. The van der Waals surface area contributed by atoms with E-state index < -0.39 is 11.6 Å². The van der Waals surface area contributed by atoms with Crippen molar-refractivity contribution in [3.05, 3.63) is 53.9 Å². The highest BCUT2D eigenvalue weighted by Crippen LogP contribution is 2.31. The first-order valence-corrected chi connectivity index (χ1v) is 9.59. The third-order valence-electron chi connectivity index (χ3n) is 5.38. The van der Waals surface area contributed by atoms with Gasteiger partial charge in [-0.25, -0.2) is 9.78 Å². The molecule has 1 aromatic carbocycles. The summed E-state index contributed by atoms with van der Waals surface area (Å²) in [4.78, 5) is 40.1. The molecule has 8 nitrogen and oxygen atoms in total. The average Bonchev–Trinajstić information content (AvgIpc) is 2.97. The van der Waals surface area contributed by atoms with Crippen molar-refractivity contribution in [1.29, 1.82) is 0 Å². The van der Waals surface area contributed by atoms with Crippen LogP contribution in [0.3, 0.4) is 0 Å². The highest BCUT2D eigenvalue weighted by molar-refractivity contribution is 6.07. The fourth-order valence-electron chi connectivity index (χ4n) is 3.78. The van der Waals surface area contributed by atoms with E-state index in [-0.39, 0.29) is 17.9 Å². The van der Waals surface area contributed by atoms with Gasteiger partial charge in [-0.2, -0.15) is 0 Å². The summed E-state index contributed by atoms with van der Waals surface area (Å²) in [5.41, 5.74) is 0.565. The van der Waals surface area contributed by atoms with E-state index in [0.29, 0.717) is 42.9 Å². The maximum atomic E-state index is 12.5. The lowest BCUT2D eigenvalue weighted by Crippen LogP contribution is -2.52. The number of carbonyl (C=O) groups is 3. The van der Waals surface area contributed by atoms with Gasteiger partial charge < -0.3 is 15.4 Å². The molecule has 0 radical (unpaired) electrons. The minimum Gasteiger partial charge on any atom is -0.456 e. The number of nitrogens with zero attached hydrogens (tertiary/aromatic N) is 1.